The summed E-state index contributed by atoms with van der Waals surface area (Å²) in [5, 5.41) is 8.45. The Kier molecular flexibility index (Phi) is 2.65. The highest BCUT2D eigenvalue weighted by Crippen LogP contribution is 2.24. The van der Waals surface area contributed by atoms with Crippen molar-refractivity contribution >= 4 is 26.2 Å². The topological polar surface area (TPSA) is 44.3 Å². The molecule has 0 spiro atoms. The van der Waals surface area contributed by atoms with Gasteiger partial charge < -0.3 is 0 Å². The van der Waals surface area contributed by atoms with Crippen LogP contribution in [0.2, 0.25) is 0 Å². The fourth-order valence-corrected chi connectivity index (χ4v) is 2.10. The molecule has 1 aliphatic rings. The van der Waals surface area contributed by atoms with E-state index < -0.39 is 0 Å². The Labute approximate surface area is 97.2 Å². The lowest BCUT2D eigenvalue weighted by Crippen LogP contribution is -2.07. The number of hydrogen-bond donors (Lipinski definition) is 0. The van der Waals surface area contributed by atoms with Gasteiger partial charge in [0.2, 0.25) is 0 Å². The Morgan fingerprint density at radius 1 is 1.40 bits per heavy atom. The van der Waals surface area contributed by atoms with Gasteiger partial charge in [-0.3, -0.25) is 0 Å². The van der Waals surface area contributed by atoms with Crippen LogP contribution in [0, 0.1) is 13.8 Å². The van der Waals surface area contributed by atoms with E-state index in [4.69, 9.17) is 0 Å². The van der Waals surface area contributed by atoms with Crippen LogP contribution in [0.1, 0.15) is 24.7 Å². The summed E-state index contributed by atoms with van der Waals surface area (Å²) in [6.45, 7) is 6.07. The predicted octanol–water partition coefficient (Wildman–Crippen LogP) is 2.40. The first-order valence-electron chi connectivity index (χ1n) is 4.85. The summed E-state index contributed by atoms with van der Waals surface area (Å²) in [7, 11) is 0. The van der Waals surface area contributed by atoms with Crippen LogP contribution in [-0.4, -0.2) is 14.4 Å². The maximum atomic E-state index is 4.43. The molecule has 1 aromatic rings. The lowest BCUT2D eigenvalue weighted by atomic mass is 10.3. The number of aryl methyl sites for hydroxylation is 2. The molecule has 0 aliphatic carbocycles. The molecular weight excluding hydrogens is 256 g/mol. The Hall–Kier alpha value is -1.10. The third-order valence-corrected chi connectivity index (χ3v) is 2.82. The monoisotopic (exact) mass is 267 g/mol. The van der Waals surface area contributed by atoms with Gasteiger partial charge >= 0.3 is 0 Å². The molecule has 0 unspecified atom stereocenters. The fraction of sp³-hybridized carbons (Fsp3) is 0.400. The van der Waals surface area contributed by atoms with Crippen molar-refractivity contribution in [3.8, 4) is 0 Å². The van der Waals surface area contributed by atoms with Crippen molar-refractivity contribution in [2.45, 2.75) is 27.2 Å². The molecule has 0 fully saturated rings. The van der Waals surface area contributed by atoms with Crippen molar-refractivity contribution in [1.82, 2.24) is 15.2 Å². The first-order chi connectivity index (χ1) is 7.13. The van der Waals surface area contributed by atoms with E-state index in [2.05, 4.69) is 38.5 Å². The second-order valence-corrected chi connectivity index (χ2v) is 4.23. The minimum absolute atomic E-state index is 0.755. The lowest BCUT2D eigenvalue weighted by Gasteiger charge is -2.05. The largest absolute Gasteiger partial charge is 0.233 e. The molecule has 0 saturated heterocycles. The average molecular weight is 268 g/mol. The molecule has 2 rings (SSSR count). The third kappa shape index (κ3) is 1.71. The highest BCUT2D eigenvalue weighted by Gasteiger charge is 2.21. The summed E-state index contributed by atoms with van der Waals surface area (Å²) in [4.78, 5) is 0. The third-order valence-electron chi connectivity index (χ3n) is 2.28. The second-order valence-electron chi connectivity index (χ2n) is 3.48. The molecule has 5 heteroatoms. The second kappa shape index (κ2) is 3.81. The van der Waals surface area contributed by atoms with E-state index in [1.165, 1.54) is 0 Å². The molecule has 0 bridgehead atoms. The van der Waals surface area contributed by atoms with E-state index in [0.717, 1.165) is 33.8 Å². The zero-order chi connectivity index (χ0) is 11.0. The van der Waals surface area contributed by atoms with Crippen LogP contribution in [0.5, 0.6) is 0 Å². The van der Waals surface area contributed by atoms with Crippen molar-refractivity contribution in [2.75, 3.05) is 0 Å². The number of allylic oxidation sites excluding steroid dienone is 2. The number of hydrogen-bond acceptors (Lipinski definition) is 2. The molecule has 1 aromatic heterocycles. The maximum Gasteiger partial charge on any atom is 0.156 e. The molecule has 79 valence electrons. The summed E-state index contributed by atoms with van der Waals surface area (Å²) in [5.74, 6) is 0. The van der Waals surface area contributed by atoms with Crippen molar-refractivity contribution in [3.05, 3.63) is 23.2 Å². The fourth-order valence-electron chi connectivity index (χ4n) is 1.62. The summed E-state index contributed by atoms with van der Waals surface area (Å²) < 4.78 is 2.64. The van der Waals surface area contributed by atoms with Crippen LogP contribution < -0.4 is 5.43 Å². The van der Waals surface area contributed by atoms with E-state index in [0.29, 0.717) is 0 Å². The molecular formula is C10H12BrN4. The Balaban J connectivity index is 2.54. The lowest BCUT2D eigenvalue weighted by molar-refractivity contribution is 0.809. The first kappa shape index (κ1) is 10.4. The van der Waals surface area contributed by atoms with Crippen LogP contribution in [-0.2, 0) is 0 Å². The zero-order valence-corrected chi connectivity index (χ0v) is 10.5. The molecule has 0 amide bonds. The summed E-state index contributed by atoms with van der Waals surface area (Å²) in [6, 6.07) is 2.04. The summed E-state index contributed by atoms with van der Waals surface area (Å²) in [5.41, 5.74) is 8.13. The van der Waals surface area contributed by atoms with Gasteiger partial charge in [-0.1, -0.05) is 6.92 Å². The van der Waals surface area contributed by atoms with Crippen LogP contribution >= 0.6 is 15.9 Å². The number of halogens is 1. The number of nitrogens with zero attached hydrogens (tertiary/aromatic N) is 4. The van der Waals surface area contributed by atoms with Gasteiger partial charge in [-0.25, -0.2) is 4.68 Å². The Bertz CT molecular complexity index is 456. The minimum Gasteiger partial charge on any atom is -0.233 e. The summed E-state index contributed by atoms with van der Waals surface area (Å²) in [6.07, 6.45) is 0.853. The van der Waals surface area contributed by atoms with Gasteiger partial charge in [-0.2, -0.15) is 10.5 Å². The van der Waals surface area contributed by atoms with Gasteiger partial charge in [0, 0.05) is 5.69 Å². The van der Waals surface area contributed by atoms with Crippen LogP contribution in [0.4, 0.5) is 0 Å². The Morgan fingerprint density at radius 3 is 2.67 bits per heavy atom. The normalized spacial score (nSPS) is 15.6. The quantitative estimate of drug-likeness (QED) is 0.812. The molecule has 2 heterocycles. The maximum absolute atomic E-state index is 4.43. The van der Waals surface area contributed by atoms with Gasteiger partial charge in [0.1, 0.15) is 5.70 Å². The number of rotatable bonds is 2. The van der Waals surface area contributed by atoms with Crippen molar-refractivity contribution in [3.63, 3.8) is 0 Å². The molecule has 4 nitrogen and oxygen atoms in total. The molecule has 0 saturated carbocycles. The molecule has 15 heavy (non-hydrogen) atoms. The van der Waals surface area contributed by atoms with Gasteiger partial charge in [-0.05, 0) is 42.3 Å². The minimum atomic E-state index is 0.755. The number of aromatic nitrogens is 2. The predicted molar refractivity (Wildman–Crippen MR) is 63.7 cm³/mol. The SMILES string of the molecule is CCC1=C(n2nc(C)cc2C)C(Br)=N[N]1. The Morgan fingerprint density at radius 2 is 2.13 bits per heavy atom. The van der Waals surface area contributed by atoms with Crippen LogP contribution in [0.3, 0.4) is 0 Å². The average Bonchev–Trinajstić information content (AvgIpc) is 2.69. The van der Waals surface area contributed by atoms with Crippen LogP contribution in [0.25, 0.3) is 5.70 Å². The van der Waals surface area contributed by atoms with E-state index >= 15 is 0 Å². The molecule has 0 N–H and O–H groups in total. The smallest absolute Gasteiger partial charge is 0.156 e. The standard InChI is InChI=1S/C10H12BrN4/c1-4-8-9(10(11)13-12-8)15-7(3)5-6(2)14-15/h5H,4H2,1-3H3. The van der Waals surface area contributed by atoms with E-state index in [1.807, 2.05) is 24.6 Å². The zero-order valence-electron chi connectivity index (χ0n) is 8.95. The van der Waals surface area contributed by atoms with Gasteiger partial charge in [0.15, 0.2) is 4.62 Å². The van der Waals surface area contributed by atoms with E-state index in [9.17, 15) is 0 Å². The van der Waals surface area contributed by atoms with Gasteiger partial charge in [-0.15, -0.1) is 5.10 Å². The summed E-state index contributed by atoms with van der Waals surface area (Å²) >= 11 is 3.40. The molecule has 1 radical (unpaired) electrons. The first-order valence-corrected chi connectivity index (χ1v) is 5.64. The van der Waals surface area contributed by atoms with Crippen molar-refractivity contribution in [1.29, 1.82) is 0 Å². The van der Waals surface area contributed by atoms with Gasteiger partial charge in [0.05, 0.1) is 11.4 Å². The van der Waals surface area contributed by atoms with Crippen LogP contribution in [0.15, 0.2) is 16.9 Å². The highest BCUT2D eigenvalue weighted by molar-refractivity contribution is 9.18. The molecule has 1 aliphatic heterocycles. The van der Waals surface area contributed by atoms with Crippen molar-refractivity contribution < 1.29 is 0 Å². The van der Waals surface area contributed by atoms with Crippen molar-refractivity contribution in [2.24, 2.45) is 5.10 Å². The van der Waals surface area contributed by atoms with E-state index in [1.54, 1.807) is 0 Å². The van der Waals surface area contributed by atoms with E-state index in [-0.39, 0.29) is 0 Å². The highest BCUT2D eigenvalue weighted by atomic mass is 79.9. The molecule has 0 atom stereocenters. The molecule has 0 aromatic carbocycles. The van der Waals surface area contributed by atoms with Gasteiger partial charge in [0.25, 0.3) is 0 Å².